The van der Waals surface area contributed by atoms with Crippen molar-refractivity contribution in [3.8, 4) is 5.75 Å². The number of rotatable bonds is 4. The lowest BCUT2D eigenvalue weighted by molar-refractivity contribution is 0.0173. The normalized spacial score (nSPS) is 14.6. The highest BCUT2D eigenvalue weighted by Crippen LogP contribution is 2.26. The fourth-order valence-electron chi connectivity index (χ4n) is 1.95. The second-order valence-corrected chi connectivity index (χ2v) is 4.76. The van der Waals surface area contributed by atoms with Crippen LogP contribution in [0.3, 0.4) is 0 Å². The topological polar surface area (TPSA) is 60.7 Å². The predicted molar refractivity (Wildman–Crippen MR) is 75.0 cm³/mol. The van der Waals surface area contributed by atoms with Crippen LogP contribution in [0.25, 0.3) is 10.8 Å². The Hall–Kier alpha value is -1.23. The van der Waals surface area contributed by atoms with Crippen molar-refractivity contribution in [3.63, 3.8) is 0 Å². The van der Waals surface area contributed by atoms with Crippen LogP contribution in [0.1, 0.15) is 18.1 Å². The molecule has 2 unspecified atom stereocenters. The van der Waals surface area contributed by atoms with Crippen molar-refractivity contribution in [1.82, 2.24) is 0 Å². The molecule has 0 fully saturated rings. The molecule has 0 aliphatic rings. The van der Waals surface area contributed by atoms with E-state index in [1.54, 1.807) is 24.3 Å². The minimum Gasteiger partial charge on any atom is -0.508 e. The number of benzene rings is 2. The van der Waals surface area contributed by atoms with Crippen molar-refractivity contribution < 1.29 is 15.3 Å². The summed E-state index contributed by atoms with van der Waals surface area (Å²) in [5.41, 5.74) is 0.641. The summed E-state index contributed by atoms with van der Waals surface area (Å²) in [6.07, 6.45) is -1.32. The molecule has 2 aromatic rings. The summed E-state index contributed by atoms with van der Waals surface area (Å²) in [4.78, 5) is 0. The van der Waals surface area contributed by atoms with Gasteiger partial charge < -0.3 is 15.3 Å². The number of thiol groups is 1. The van der Waals surface area contributed by atoms with Crippen molar-refractivity contribution in [1.29, 1.82) is 0 Å². The number of aliphatic hydroxyl groups excluding tert-OH is 2. The van der Waals surface area contributed by atoms with Gasteiger partial charge in [0.15, 0.2) is 0 Å². The first-order valence-electron chi connectivity index (χ1n) is 5.81. The summed E-state index contributed by atoms with van der Waals surface area (Å²) in [5.74, 6) is 0.706. The minimum absolute atomic E-state index is 0.185. The van der Waals surface area contributed by atoms with E-state index in [0.717, 1.165) is 10.8 Å². The number of aliphatic hydroxyl groups is 2. The fourth-order valence-corrected chi connectivity index (χ4v) is 2.21. The molecular weight excluding hydrogens is 248 g/mol. The molecule has 3 N–H and O–H groups in total. The van der Waals surface area contributed by atoms with Gasteiger partial charge in [-0.25, -0.2) is 0 Å². The lowest BCUT2D eigenvalue weighted by Gasteiger charge is -2.17. The third kappa shape index (κ3) is 2.77. The summed E-state index contributed by atoms with van der Waals surface area (Å²) in [6, 6.07) is 10.5. The van der Waals surface area contributed by atoms with Gasteiger partial charge in [0.2, 0.25) is 0 Å². The molecule has 0 aliphatic carbocycles. The Morgan fingerprint density at radius 2 is 1.72 bits per heavy atom. The van der Waals surface area contributed by atoms with Crippen molar-refractivity contribution in [2.75, 3.05) is 5.75 Å². The van der Waals surface area contributed by atoms with E-state index in [1.165, 1.54) is 0 Å². The number of aromatic hydroxyl groups is 1. The molecule has 2 aromatic carbocycles. The first kappa shape index (κ1) is 13.2. The van der Waals surface area contributed by atoms with Gasteiger partial charge in [-0.05, 0) is 46.7 Å². The zero-order valence-corrected chi connectivity index (χ0v) is 10.7. The van der Waals surface area contributed by atoms with Gasteiger partial charge in [-0.3, -0.25) is 0 Å². The Morgan fingerprint density at radius 1 is 1.00 bits per heavy atom. The first-order chi connectivity index (χ1) is 8.61. The SMILES string of the molecule is Oc1ccc2ccc(C(O)C(O)CCS)cc2c1. The summed E-state index contributed by atoms with van der Waals surface area (Å²) in [6.45, 7) is 0. The molecule has 96 valence electrons. The van der Waals surface area contributed by atoms with Crippen LogP contribution in [-0.2, 0) is 0 Å². The third-order valence-electron chi connectivity index (χ3n) is 2.98. The van der Waals surface area contributed by atoms with E-state index >= 15 is 0 Å². The van der Waals surface area contributed by atoms with Gasteiger partial charge in [-0.1, -0.05) is 18.2 Å². The maximum Gasteiger partial charge on any atom is 0.116 e. The van der Waals surface area contributed by atoms with E-state index in [1.807, 2.05) is 12.1 Å². The van der Waals surface area contributed by atoms with Crippen LogP contribution in [0.5, 0.6) is 5.75 Å². The van der Waals surface area contributed by atoms with Crippen molar-refractivity contribution >= 4 is 23.4 Å². The molecule has 0 saturated carbocycles. The van der Waals surface area contributed by atoms with Gasteiger partial charge in [-0.15, -0.1) is 0 Å². The standard InChI is InChI=1S/C14H16O3S/c15-12-4-3-9-1-2-10(7-11(9)8-12)14(17)13(16)5-6-18/h1-4,7-8,13-18H,5-6H2. The van der Waals surface area contributed by atoms with Crippen LogP contribution in [0, 0.1) is 0 Å². The monoisotopic (exact) mass is 264 g/mol. The van der Waals surface area contributed by atoms with E-state index in [-0.39, 0.29) is 5.75 Å². The molecule has 0 spiro atoms. The van der Waals surface area contributed by atoms with Crippen LogP contribution < -0.4 is 0 Å². The lowest BCUT2D eigenvalue weighted by Crippen LogP contribution is -2.18. The number of hydrogen-bond donors (Lipinski definition) is 4. The third-order valence-corrected chi connectivity index (χ3v) is 3.24. The summed E-state index contributed by atoms with van der Waals surface area (Å²) >= 11 is 4.04. The molecule has 0 aliphatic heterocycles. The van der Waals surface area contributed by atoms with Crippen molar-refractivity contribution in [3.05, 3.63) is 42.0 Å². The molecule has 0 aromatic heterocycles. The molecular formula is C14H16O3S. The summed E-state index contributed by atoms with van der Waals surface area (Å²) in [7, 11) is 0. The van der Waals surface area contributed by atoms with Gasteiger partial charge >= 0.3 is 0 Å². The molecule has 0 heterocycles. The van der Waals surface area contributed by atoms with E-state index in [0.29, 0.717) is 17.7 Å². The van der Waals surface area contributed by atoms with Gasteiger partial charge in [0, 0.05) is 0 Å². The molecule has 0 bridgehead atoms. The maximum absolute atomic E-state index is 10.0. The van der Waals surface area contributed by atoms with Crippen molar-refractivity contribution in [2.24, 2.45) is 0 Å². The van der Waals surface area contributed by atoms with E-state index in [2.05, 4.69) is 12.6 Å². The number of fused-ring (bicyclic) bond motifs is 1. The molecule has 4 heteroatoms. The molecule has 0 amide bonds. The number of phenols is 1. The van der Waals surface area contributed by atoms with Crippen LogP contribution >= 0.6 is 12.6 Å². The quantitative estimate of drug-likeness (QED) is 0.641. The average Bonchev–Trinajstić information content (AvgIpc) is 2.37. The zero-order chi connectivity index (χ0) is 13.1. The highest BCUT2D eigenvalue weighted by molar-refractivity contribution is 7.80. The largest absolute Gasteiger partial charge is 0.508 e. The average molecular weight is 264 g/mol. The predicted octanol–water partition coefficient (Wildman–Crippen LogP) is 2.26. The minimum atomic E-state index is -0.927. The first-order valence-corrected chi connectivity index (χ1v) is 6.45. The summed E-state index contributed by atoms with van der Waals surface area (Å²) < 4.78 is 0. The van der Waals surface area contributed by atoms with Crippen LogP contribution in [0.2, 0.25) is 0 Å². The Morgan fingerprint density at radius 3 is 2.44 bits per heavy atom. The number of hydrogen-bond acceptors (Lipinski definition) is 4. The number of phenolic OH excluding ortho intramolecular Hbond substituents is 1. The van der Waals surface area contributed by atoms with Gasteiger partial charge in [0.25, 0.3) is 0 Å². The van der Waals surface area contributed by atoms with E-state index in [9.17, 15) is 15.3 Å². The zero-order valence-electron chi connectivity index (χ0n) is 9.82. The Kier molecular flexibility index (Phi) is 4.11. The second kappa shape index (κ2) is 5.61. The molecule has 0 radical (unpaired) electrons. The van der Waals surface area contributed by atoms with Gasteiger partial charge in [0.1, 0.15) is 11.9 Å². The highest BCUT2D eigenvalue weighted by Gasteiger charge is 2.17. The maximum atomic E-state index is 10.0. The highest BCUT2D eigenvalue weighted by atomic mass is 32.1. The van der Waals surface area contributed by atoms with Crippen LogP contribution in [0.15, 0.2) is 36.4 Å². The van der Waals surface area contributed by atoms with Crippen LogP contribution in [-0.4, -0.2) is 27.2 Å². The van der Waals surface area contributed by atoms with Gasteiger partial charge in [-0.2, -0.15) is 12.6 Å². The lowest BCUT2D eigenvalue weighted by atomic mass is 9.99. The molecule has 2 atom stereocenters. The fraction of sp³-hybridized carbons (Fsp3) is 0.286. The smallest absolute Gasteiger partial charge is 0.116 e. The summed E-state index contributed by atoms with van der Waals surface area (Å²) in [5, 5.41) is 31.0. The second-order valence-electron chi connectivity index (χ2n) is 4.32. The molecule has 2 rings (SSSR count). The molecule has 3 nitrogen and oxygen atoms in total. The van der Waals surface area contributed by atoms with Crippen molar-refractivity contribution in [2.45, 2.75) is 18.6 Å². The Bertz CT molecular complexity index is 542. The molecule has 0 saturated heterocycles. The Balaban J connectivity index is 2.34. The van der Waals surface area contributed by atoms with Gasteiger partial charge in [0.05, 0.1) is 6.10 Å². The van der Waals surface area contributed by atoms with E-state index < -0.39 is 12.2 Å². The Labute approximate surface area is 111 Å². The molecule has 18 heavy (non-hydrogen) atoms. The van der Waals surface area contributed by atoms with Crippen LogP contribution in [0.4, 0.5) is 0 Å². The van der Waals surface area contributed by atoms with E-state index in [4.69, 9.17) is 0 Å².